The Morgan fingerprint density at radius 1 is 0.579 bits per heavy atom. The highest BCUT2D eigenvalue weighted by Crippen LogP contribution is 2.44. The van der Waals surface area contributed by atoms with E-state index >= 15 is 0 Å². The van der Waals surface area contributed by atoms with Crippen molar-refractivity contribution in [2.45, 2.75) is 24.3 Å². The molecule has 4 aromatic rings. The third-order valence-electron chi connectivity index (χ3n) is 6.85. The molecule has 8 rings (SSSR count). The van der Waals surface area contributed by atoms with Crippen molar-refractivity contribution < 1.29 is 19.4 Å². The number of nitrogens with one attached hydrogen (secondary N) is 2. The van der Waals surface area contributed by atoms with Crippen LogP contribution in [0.5, 0.6) is 0 Å². The number of carbonyl (C=O) groups excluding carboxylic acids is 2. The third kappa shape index (κ3) is 4.75. The molecule has 4 atom stereocenters. The lowest BCUT2D eigenvalue weighted by molar-refractivity contribution is -0.374. The topological polar surface area (TPSA) is 76.7 Å². The summed E-state index contributed by atoms with van der Waals surface area (Å²) in [6, 6.07) is 34.4. The molecule has 0 radical (unpaired) electrons. The van der Waals surface area contributed by atoms with Crippen molar-refractivity contribution in [3.63, 3.8) is 0 Å². The number of carbonyl (C=O) groups is 2. The molecule has 6 heteroatoms. The zero-order valence-corrected chi connectivity index (χ0v) is 20.5. The molecule has 6 nitrogen and oxygen atoms in total. The summed E-state index contributed by atoms with van der Waals surface area (Å²) in [5, 5.41) is 8.58. The summed E-state index contributed by atoms with van der Waals surface area (Å²) in [7, 11) is 0. The number of Topliss-reactive ketones (excluding diaryl/α,β-unsaturated/α-hetero) is 2. The van der Waals surface area contributed by atoms with Gasteiger partial charge in [0.2, 0.25) is 0 Å². The first-order valence-electron chi connectivity index (χ1n) is 12.6. The SMILES string of the molecule is O=C1C2OOC(c3ccccc32)C1Nc1ccccc1.O=C1C=c2ccccc2=CC1Nc1ccccc1. The number of para-hydroxylation sites is 2. The third-order valence-corrected chi connectivity index (χ3v) is 6.85. The number of hydrogen-bond donors (Lipinski definition) is 2. The number of rotatable bonds is 4. The van der Waals surface area contributed by atoms with E-state index in [4.69, 9.17) is 9.78 Å². The van der Waals surface area contributed by atoms with Crippen LogP contribution in [-0.2, 0) is 19.4 Å². The van der Waals surface area contributed by atoms with Gasteiger partial charge in [-0.2, -0.15) is 0 Å². The summed E-state index contributed by atoms with van der Waals surface area (Å²) in [6.45, 7) is 0. The second kappa shape index (κ2) is 10.5. The molecule has 0 aromatic heterocycles. The Balaban J connectivity index is 0.000000140. The molecule has 0 amide bonds. The predicted octanol–water partition coefficient (Wildman–Crippen LogP) is 4.11. The van der Waals surface area contributed by atoms with Gasteiger partial charge in [0, 0.05) is 11.4 Å². The minimum atomic E-state index is -0.627. The molecule has 4 unspecified atom stereocenters. The Morgan fingerprint density at radius 3 is 1.87 bits per heavy atom. The van der Waals surface area contributed by atoms with E-state index in [2.05, 4.69) is 10.6 Å². The van der Waals surface area contributed by atoms with Gasteiger partial charge in [0.05, 0.1) is 0 Å². The number of benzene rings is 4. The van der Waals surface area contributed by atoms with E-state index in [1.165, 1.54) is 0 Å². The normalized spacial score (nSPS) is 22.5. The molecule has 1 fully saturated rings. The molecular formula is C32H26N2O4. The molecule has 0 spiro atoms. The van der Waals surface area contributed by atoms with E-state index in [-0.39, 0.29) is 17.6 Å². The zero-order valence-electron chi connectivity index (χ0n) is 20.5. The maximum Gasteiger partial charge on any atom is 0.194 e. The molecule has 2 bridgehead atoms. The predicted molar refractivity (Wildman–Crippen MR) is 146 cm³/mol. The van der Waals surface area contributed by atoms with Gasteiger partial charge in [0.15, 0.2) is 17.7 Å². The smallest absolute Gasteiger partial charge is 0.194 e. The van der Waals surface area contributed by atoms with Crippen LogP contribution in [0.15, 0.2) is 109 Å². The maximum absolute atomic E-state index is 12.5. The average molecular weight is 503 g/mol. The number of ketones is 2. The average Bonchev–Trinajstić information content (AvgIpc) is 2.97. The quantitative estimate of drug-likeness (QED) is 0.409. The first kappa shape index (κ1) is 23.9. The first-order valence-corrected chi connectivity index (χ1v) is 12.6. The summed E-state index contributed by atoms with van der Waals surface area (Å²) in [4.78, 5) is 35.1. The van der Waals surface area contributed by atoms with Crippen LogP contribution < -0.4 is 21.1 Å². The van der Waals surface area contributed by atoms with E-state index in [1.54, 1.807) is 6.08 Å². The van der Waals surface area contributed by atoms with Crippen LogP contribution in [0.3, 0.4) is 0 Å². The molecule has 4 aromatic carbocycles. The molecule has 2 aliphatic carbocycles. The van der Waals surface area contributed by atoms with Gasteiger partial charge in [-0.25, -0.2) is 9.78 Å². The fourth-order valence-corrected chi connectivity index (χ4v) is 4.96. The second-order valence-corrected chi connectivity index (χ2v) is 9.34. The Kier molecular flexibility index (Phi) is 6.56. The van der Waals surface area contributed by atoms with Gasteiger partial charge in [-0.1, -0.05) is 84.9 Å². The molecule has 2 heterocycles. The van der Waals surface area contributed by atoms with E-state index in [0.717, 1.165) is 32.9 Å². The van der Waals surface area contributed by atoms with Crippen LogP contribution in [0.25, 0.3) is 12.2 Å². The lowest BCUT2D eigenvalue weighted by Crippen LogP contribution is -2.49. The molecular weight excluding hydrogens is 476 g/mol. The standard InChI is InChI=1S/C16H13NO3.C16H13NO/c18-14-13(17-10-6-2-1-3-7-10)15-11-8-4-5-9-12(11)16(14)20-19-15;18-16-11-13-7-5-4-6-12(13)10-15(16)17-14-8-2-1-3-9-14/h1-9,13,15-17H;1-11,15,17H. The van der Waals surface area contributed by atoms with Crippen molar-refractivity contribution in [2.75, 3.05) is 10.6 Å². The zero-order chi connectivity index (χ0) is 25.9. The Morgan fingerprint density at radius 2 is 1.16 bits per heavy atom. The van der Waals surface area contributed by atoms with Crippen molar-refractivity contribution in [3.8, 4) is 0 Å². The molecule has 188 valence electrons. The van der Waals surface area contributed by atoms with Crippen LogP contribution in [0.1, 0.15) is 23.3 Å². The number of anilines is 2. The minimum Gasteiger partial charge on any atom is -0.373 e. The Labute approximate surface area is 220 Å². The van der Waals surface area contributed by atoms with Crippen LogP contribution in [0.4, 0.5) is 11.4 Å². The highest BCUT2D eigenvalue weighted by Gasteiger charge is 2.49. The lowest BCUT2D eigenvalue weighted by Gasteiger charge is -2.41. The maximum atomic E-state index is 12.5. The van der Waals surface area contributed by atoms with Crippen LogP contribution in [0.2, 0.25) is 0 Å². The van der Waals surface area contributed by atoms with Gasteiger partial charge in [-0.15, -0.1) is 0 Å². The van der Waals surface area contributed by atoms with E-state index in [1.807, 2.05) is 115 Å². The summed E-state index contributed by atoms with van der Waals surface area (Å²) in [6.07, 6.45) is 2.65. The summed E-state index contributed by atoms with van der Waals surface area (Å²) >= 11 is 0. The monoisotopic (exact) mass is 502 g/mol. The lowest BCUT2D eigenvalue weighted by atomic mass is 9.82. The largest absolute Gasteiger partial charge is 0.373 e. The van der Waals surface area contributed by atoms with E-state index in [9.17, 15) is 9.59 Å². The van der Waals surface area contributed by atoms with Crippen molar-refractivity contribution in [3.05, 3.63) is 131 Å². The van der Waals surface area contributed by atoms with Crippen molar-refractivity contribution in [1.82, 2.24) is 0 Å². The van der Waals surface area contributed by atoms with Gasteiger partial charge < -0.3 is 10.6 Å². The molecule has 4 aliphatic rings. The van der Waals surface area contributed by atoms with E-state index < -0.39 is 18.2 Å². The number of fused-ring (bicyclic) bond motifs is 3. The Bertz CT molecular complexity index is 1590. The van der Waals surface area contributed by atoms with E-state index in [0.29, 0.717) is 0 Å². The van der Waals surface area contributed by atoms with Crippen LogP contribution in [0, 0.1) is 0 Å². The van der Waals surface area contributed by atoms with Gasteiger partial charge in [-0.3, -0.25) is 9.59 Å². The molecule has 2 aliphatic heterocycles. The van der Waals surface area contributed by atoms with Gasteiger partial charge >= 0.3 is 0 Å². The molecule has 2 N–H and O–H groups in total. The van der Waals surface area contributed by atoms with Crippen molar-refractivity contribution in [1.29, 1.82) is 0 Å². The molecule has 38 heavy (non-hydrogen) atoms. The first-order chi connectivity index (χ1) is 18.7. The summed E-state index contributed by atoms with van der Waals surface area (Å²) in [5.74, 6) is 0.112. The fourth-order valence-electron chi connectivity index (χ4n) is 4.96. The highest BCUT2D eigenvalue weighted by atomic mass is 17.2. The van der Waals surface area contributed by atoms with Gasteiger partial charge in [-0.05, 0) is 58.0 Å². The van der Waals surface area contributed by atoms with Gasteiger partial charge in [0.25, 0.3) is 0 Å². The molecule has 0 saturated carbocycles. The highest BCUT2D eigenvalue weighted by molar-refractivity contribution is 6.14. The fraction of sp³-hybridized carbons (Fsp3) is 0.125. The minimum absolute atomic E-state index is 0.0174. The van der Waals surface area contributed by atoms with Crippen molar-refractivity contribution >= 4 is 35.1 Å². The molecule has 1 saturated heterocycles. The summed E-state index contributed by atoms with van der Waals surface area (Å²) < 4.78 is 0. The van der Waals surface area contributed by atoms with Crippen LogP contribution in [-0.4, -0.2) is 23.7 Å². The van der Waals surface area contributed by atoms with Gasteiger partial charge in [0.1, 0.15) is 18.2 Å². The Hall–Kier alpha value is -4.52. The van der Waals surface area contributed by atoms with Crippen molar-refractivity contribution in [2.24, 2.45) is 0 Å². The number of hydrogen-bond acceptors (Lipinski definition) is 6. The second-order valence-electron chi connectivity index (χ2n) is 9.34. The van der Waals surface area contributed by atoms with Crippen LogP contribution >= 0.6 is 0 Å². The summed E-state index contributed by atoms with van der Waals surface area (Å²) in [5.41, 5.74) is 3.80.